The van der Waals surface area contributed by atoms with Crippen LogP contribution in [0.4, 0.5) is 0 Å². The largest absolute Gasteiger partial charge is 0.352 e. The summed E-state index contributed by atoms with van der Waals surface area (Å²) in [6.07, 6.45) is 4.06. The van der Waals surface area contributed by atoms with Crippen molar-refractivity contribution in [3.63, 3.8) is 0 Å². The van der Waals surface area contributed by atoms with Crippen molar-refractivity contribution in [3.05, 3.63) is 46.8 Å². The number of hydrogen-bond donors (Lipinski definition) is 2. The third kappa shape index (κ3) is 3.30. The van der Waals surface area contributed by atoms with Crippen LogP contribution >= 0.6 is 11.6 Å². The van der Waals surface area contributed by atoms with E-state index >= 15 is 0 Å². The summed E-state index contributed by atoms with van der Waals surface area (Å²) in [5.41, 5.74) is 2.23. The van der Waals surface area contributed by atoms with Gasteiger partial charge < -0.3 is 10.3 Å². The second-order valence-electron chi connectivity index (χ2n) is 3.90. The number of amides is 1. The zero-order valence-electron chi connectivity index (χ0n) is 9.90. The van der Waals surface area contributed by atoms with Gasteiger partial charge in [0.15, 0.2) is 0 Å². The fraction of sp³-hybridized carbons (Fsp3) is 0.250. The molecule has 2 aromatic rings. The Morgan fingerprint density at radius 3 is 3.00 bits per heavy atom. The van der Waals surface area contributed by atoms with Gasteiger partial charge in [-0.05, 0) is 19.1 Å². The first-order valence-corrected chi connectivity index (χ1v) is 5.92. The molecule has 2 heterocycles. The molecule has 0 aliphatic rings. The van der Waals surface area contributed by atoms with Gasteiger partial charge in [-0.3, -0.25) is 4.79 Å². The minimum Gasteiger partial charge on any atom is -0.352 e. The van der Waals surface area contributed by atoms with Crippen molar-refractivity contribution in [3.8, 4) is 0 Å². The van der Waals surface area contributed by atoms with Crippen LogP contribution in [0.1, 0.15) is 21.7 Å². The Bertz CT molecular complexity index is 519. The minimum absolute atomic E-state index is 0.151. The van der Waals surface area contributed by atoms with Crippen LogP contribution < -0.4 is 5.32 Å². The first kappa shape index (κ1) is 12.6. The van der Waals surface area contributed by atoms with Crippen LogP contribution in [0.5, 0.6) is 0 Å². The van der Waals surface area contributed by atoms with Gasteiger partial charge in [-0.1, -0.05) is 11.6 Å². The number of aromatic nitrogens is 3. The van der Waals surface area contributed by atoms with E-state index < -0.39 is 0 Å². The molecule has 0 aromatic carbocycles. The number of imidazole rings is 1. The van der Waals surface area contributed by atoms with Crippen LogP contribution in [0.15, 0.2) is 24.7 Å². The summed E-state index contributed by atoms with van der Waals surface area (Å²) in [5.74, 6) is -0.151. The Morgan fingerprint density at radius 2 is 2.33 bits per heavy atom. The van der Waals surface area contributed by atoms with Gasteiger partial charge in [0.05, 0.1) is 6.33 Å². The number of rotatable bonds is 4. The highest BCUT2D eigenvalue weighted by molar-refractivity contribution is 6.29. The van der Waals surface area contributed by atoms with E-state index in [9.17, 15) is 4.79 Å². The Hall–Kier alpha value is -1.88. The van der Waals surface area contributed by atoms with Crippen LogP contribution in [0, 0.1) is 6.92 Å². The summed E-state index contributed by atoms with van der Waals surface area (Å²) >= 11 is 5.81. The molecule has 5 nitrogen and oxygen atoms in total. The molecule has 1 amide bonds. The number of nitrogens with zero attached hydrogens (tertiary/aromatic N) is 2. The summed E-state index contributed by atoms with van der Waals surface area (Å²) < 4.78 is 0. The Kier molecular flexibility index (Phi) is 3.94. The van der Waals surface area contributed by atoms with Crippen LogP contribution in [0.25, 0.3) is 0 Å². The lowest BCUT2D eigenvalue weighted by atomic mass is 10.2. The summed E-state index contributed by atoms with van der Waals surface area (Å²) in [5, 5.41) is 3.15. The maximum absolute atomic E-state index is 11.9. The number of halogens is 1. The van der Waals surface area contributed by atoms with E-state index in [1.807, 2.05) is 0 Å². The predicted molar refractivity (Wildman–Crippen MR) is 68.6 cm³/mol. The van der Waals surface area contributed by atoms with Crippen LogP contribution in [0.2, 0.25) is 5.15 Å². The van der Waals surface area contributed by atoms with E-state index in [0.29, 0.717) is 23.7 Å². The molecule has 0 spiro atoms. The Morgan fingerprint density at radius 1 is 1.50 bits per heavy atom. The van der Waals surface area contributed by atoms with Gasteiger partial charge in [0, 0.05) is 36.1 Å². The summed E-state index contributed by atoms with van der Waals surface area (Å²) in [4.78, 5) is 22.7. The summed E-state index contributed by atoms with van der Waals surface area (Å²) in [7, 11) is 0. The number of pyridine rings is 1. The molecule has 0 aliphatic heterocycles. The third-order valence-electron chi connectivity index (χ3n) is 2.42. The molecule has 2 aromatic heterocycles. The molecule has 0 radical (unpaired) electrons. The predicted octanol–water partition coefficient (Wildman–Crippen LogP) is 1.74. The lowest BCUT2D eigenvalue weighted by molar-refractivity contribution is 0.0954. The fourth-order valence-corrected chi connectivity index (χ4v) is 1.84. The quantitative estimate of drug-likeness (QED) is 0.827. The molecule has 0 fully saturated rings. The number of nitrogens with one attached hydrogen (secondary N) is 2. The van der Waals surface area contributed by atoms with E-state index in [0.717, 1.165) is 11.4 Å². The number of aromatic amines is 1. The van der Waals surface area contributed by atoms with Crippen LogP contribution in [-0.2, 0) is 6.42 Å². The number of hydrogen-bond acceptors (Lipinski definition) is 3. The molecular weight excluding hydrogens is 252 g/mol. The molecule has 0 atom stereocenters. The van der Waals surface area contributed by atoms with E-state index in [2.05, 4.69) is 20.3 Å². The Labute approximate surface area is 110 Å². The molecule has 6 heteroatoms. The van der Waals surface area contributed by atoms with Gasteiger partial charge in [-0.15, -0.1) is 0 Å². The van der Waals surface area contributed by atoms with Crippen molar-refractivity contribution in [1.29, 1.82) is 0 Å². The van der Waals surface area contributed by atoms with Crippen molar-refractivity contribution in [2.45, 2.75) is 13.3 Å². The number of H-pyrrole nitrogens is 1. The van der Waals surface area contributed by atoms with Crippen molar-refractivity contribution in [2.24, 2.45) is 0 Å². The van der Waals surface area contributed by atoms with Crippen LogP contribution in [0.3, 0.4) is 0 Å². The maximum atomic E-state index is 11.9. The highest BCUT2D eigenvalue weighted by Gasteiger charge is 2.07. The lowest BCUT2D eigenvalue weighted by Crippen LogP contribution is -2.25. The minimum atomic E-state index is -0.151. The van der Waals surface area contributed by atoms with E-state index in [4.69, 9.17) is 11.6 Å². The molecule has 0 aliphatic carbocycles. The second-order valence-corrected chi connectivity index (χ2v) is 4.29. The standard InChI is InChI=1S/C12H13ClN4O/c1-8-4-9(5-11(13)17-8)12(18)15-3-2-10-6-14-7-16-10/h4-7H,2-3H2,1H3,(H,14,16)(H,15,18). The topological polar surface area (TPSA) is 70.7 Å². The molecule has 18 heavy (non-hydrogen) atoms. The SMILES string of the molecule is Cc1cc(C(=O)NCCc2cnc[nH]2)cc(Cl)n1. The van der Waals surface area contributed by atoms with E-state index in [-0.39, 0.29) is 5.91 Å². The first-order chi connectivity index (χ1) is 8.65. The Balaban J connectivity index is 1.91. The van der Waals surface area contributed by atoms with Gasteiger partial charge >= 0.3 is 0 Å². The highest BCUT2D eigenvalue weighted by atomic mass is 35.5. The zero-order chi connectivity index (χ0) is 13.0. The third-order valence-corrected chi connectivity index (χ3v) is 2.61. The first-order valence-electron chi connectivity index (χ1n) is 5.55. The molecule has 0 saturated heterocycles. The average molecular weight is 265 g/mol. The van der Waals surface area contributed by atoms with E-state index in [1.165, 1.54) is 0 Å². The van der Waals surface area contributed by atoms with Gasteiger partial charge in [0.25, 0.3) is 5.91 Å². The van der Waals surface area contributed by atoms with Crippen molar-refractivity contribution >= 4 is 17.5 Å². The second kappa shape index (κ2) is 5.64. The monoisotopic (exact) mass is 264 g/mol. The number of carbonyl (C=O) groups excluding carboxylic acids is 1. The molecule has 2 rings (SSSR count). The molecular formula is C12H13ClN4O. The fourth-order valence-electron chi connectivity index (χ4n) is 1.59. The van der Waals surface area contributed by atoms with Gasteiger partial charge in [0.1, 0.15) is 5.15 Å². The van der Waals surface area contributed by atoms with Crippen molar-refractivity contribution < 1.29 is 4.79 Å². The normalized spacial score (nSPS) is 10.3. The summed E-state index contributed by atoms with van der Waals surface area (Å²) in [6.45, 7) is 2.34. The summed E-state index contributed by atoms with van der Waals surface area (Å²) in [6, 6.07) is 3.26. The lowest BCUT2D eigenvalue weighted by Gasteiger charge is -2.05. The average Bonchev–Trinajstić information content (AvgIpc) is 2.80. The molecule has 0 saturated carbocycles. The van der Waals surface area contributed by atoms with Crippen LogP contribution in [-0.4, -0.2) is 27.4 Å². The van der Waals surface area contributed by atoms with Crippen molar-refractivity contribution in [1.82, 2.24) is 20.3 Å². The van der Waals surface area contributed by atoms with Gasteiger partial charge in [0.2, 0.25) is 0 Å². The van der Waals surface area contributed by atoms with Crippen molar-refractivity contribution in [2.75, 3.05) is 6.54 Å². The van der Waals surface area contributed by atoms with Gasteiger partial charge in [-0.2, -0.15) is 0 Å². The van der Waals surface area contributed by atoms with Gasteiger partial charge in [-0.25, -0.2) is 9.97 Å². The molecule has 0 unspecified atom stereocenters. The number of carbonyl (C=O) groups is 1. The molecule has 2 N–H and O–H groups in total. The maximum Gasteiger partial charge on any atom is 0.251 e. The molecule has 0 bridgehead atoms. The zero-order valence-corrected chi connectivity index (χ0v) is 10.7. The number of aryl methyl sites for hydroxylation is 1. The smallest absolute Gasteiger partial charge is 0.251 e. The molecule has 94 valence electrons. The van der Waals surface area contributed by atoms with E-state index in [1.54, 1.807) is 31.6 Å². The highest BCUT2D eigenvalue weighted by Crippen LogP contribution is 2.10.